The van der Waals surface area contributed by atoms with Gasteiger partial charge < -0.3 is 15.3 Å². The fourth-order valence-electron chi connectivity index (χ4n) is 3.04. The number of anilines is 2. The van der Waals surface area contributed by atoms with E-state index in [1.165, 1.54) is 12.8 Å². The molecule has 2 aromatic rings. The molecule has 0 radical (unpaired) electrons. The number of piperidine rings is 1. The predicted molar refractivity (Wildman–Crippen MR) is 94.3 cm³/mol. The highest BCUT2D eigenvalue weighted by Gasteiger charge is 2.19. The van der Waals surface area contributed by atoms with Crippen LogP contribution < -0.4 is 5.32 Å². The number of hydrogen-bond donors (Lipinski definition) is 2. The van der Waals surface area contributed by atoms with Crippen LogP contribution in [0.2, 0.25) is 0 Å². The molecular formula is C17H24N4OS. The molecule has 23 heavy (non-hydrogen) atoms. The van der Waals surface area contributed by atoms with E-state index >= 15 is 0 Å². The van der Waals surface area contributed by atoms with Gasteiger partial charge in [-0.1, -0.05) is 6.07 Å². The van der Waals surface area contributed by atoms with Crippen LogP contribution in [-0.4, -0.2) is 46.2 Å². The molecule has 1 saturated heterocycles. The lowest BCUT2D eigenvalue weighted by Crippen LogP contribution is -2.36. The Kier molecular flexibility index (Phi) is 5.59. The van der Waals surface area contributed by atoms with Crippen LogP contribution >= 0.6 is 11.3 Å². The number of aryl methyl sites for hydroxylation is 1. The van der Waals surface area contributed by atoms with Gasteiger partial charge in [-0.2, -0.15) is 0 Å². The summed E-state index contributed by atoms with van der Waals surface area (Å²) >= 11 is 1.60. The molecule has 0 bridgehead atoms. The molecule has 0 saturated carbocycles. The highest BCUT2D eigenvalue weighted by atomic mass is 32.1. The first kappa shape index (κ1) is 16.4. The summed E-state index contributed by atoms with van der Waals surface area (Å²) in [7, 11) is 0. The molecule has 6 heteroatoms. The first-order valence-corrected chi connectivity index (χ1v) is 9.09. The van der Waals surface area contributed by atoms with Crippen molar-refractivity contribution in [1.82, 2.24) is 14.9 Å². The zero-order chi connectivity index (χ0) is 16.1. The first-order valence-electron chi connectivity index (χ1n) is 8.21. The number of aliphatic hydroxyl groups excluding tert-OH is 1. The average Bonchev–Trinajstić information content (AvgIpc) is 2.95. The molecule has 2 N–H and O–H groups in total. The number of aliphatic hydroxyl groups is 1. The highest BCUT2D eigenvalue weighted by molar-refractivity contribution is 7.13. The quantitative estimate of drug-likeness (QED) is 0.852. The molecule has 0 unspecified atom stereocenters. The third kappa shape index (κ3) is 4.73. The van der Waals surface area contributed by atoms with Gasteiger partial charge in [0.05, 0.1) is 12.3 Å². The minimum atomic E-state index is 0.260. The lowest BCUT2D eigenvalue weighted by Gasteiger charge is -2.31. The van der Waals surface area contributed by atoms with Crippen LogP contribution in [0, 0.1) is 12.8 Å². The first-order chi connectivity index (χ1) is 11.2. The van der Waals surface area contributed by atoms with E-state index in [9.17, 15) is 0 Å². The van der Waals surface area contributed by atoms with Crippen LogP contribution in [0.4, 0.5) is 10.9 Å². The van der Waals surface area contributed by atoms with E-state index in [4.69, 9.17) is 10.1 Å². The van der Waals surface area contributed by atoms with Crippen molar-refractivity contribution in [3.63, 3.8) is 0 Å². The number of hydrogen-bond acceptors (Lipinski definition) is 6. The molecule has 5 nitrogen and oxygen atoms in total. The number of likely N-dealkylation sites (tertiary alicyclic amines) is 1. The monoisotopic (exact) mass is 332 g/mol. The number of pyridine rings is 1. The predicted octanol–water partition coefficient (Wildman–Crippen LogP) is 2.84. The Bertz CT molecular complexity index is 623. The standard InChI is InChI=1S/C17H24N4OS/c1-13-12-23-17(18-13)20-16-4-2-3-15(19-16)11-14-5-7-21(8-6-14)9-10-22/h2-4,12,14,22H,5-11H2,1H3,(H,18,19,20). The molecule has 1 aliphatic heterocycles. The largest absolute Gasteiger partial charge is 0.395 e. The number of nitrogens with zero attached hydrogens (tertiary/aromatic N) is 3. The van der Waals surface area contributed by atoms with Crippen LogP contribution in [0.3, 0.4) is 0 Å². The molecule has 124 valence electrons. The van der Waals surface area contributed by atoms with E-state index in [2.05, 4.69) is 27.3 Å². The van der Waals surface area contributed by atoms with Crippen molar-refractivity contribution in [3.05, 3.63) is 35.0 Å². The van der Waals surface area contributed by atoms with E-state index in [-0.39, 0.29) is 6.61 Å². The lowest BCUT2D eigenvalue weighted by atomic mass is 9.92. The van der Waals surface area contributed by atoms with Crippen LogP contribution in [0.5, 0.6) is 0 Å². The summed E-state index contributed by atoms with van der Waals surface area (Å²) in [6.07, 6.45) is 3.40. The van der Waals surface area contributed by atoms with Crippen molar-refractivity contribution in [3.8, 4) is 0 Å². The smallest absolute Gasteiger partial charge is 0.188 e. The van der Waals surface area contributed by atoms with Crippen molar-refractivity contribution < 1.29 is 5.11 Å². The normalized spacial score (nSPS) is 16.6. The van der Waals surface area contributed by atoms with Gasteiger partial charge in [0.2, 0.25) is 0 Å². The molecule has 1 aliphatic rings. The van der Waals surface area contributed by atoms with Crippen molar-refractivity contribution in [2.24, 2.45) is 5.92 Å². The van der Waals surface area contributed by atoms with Gasteiger partial charge in [0, 0.05) is 17.6 Å². The van der Waals surface area contributed by atoms with Gasteiger partial charge in [0.15, 0.2) is 5.13 Å². The number of thiazole rings is 1. The summed E-state index contributed by atoms with van der Waals surface area (Å²) in [6.45, 7) is 5.23. The molecular weight excluding hydrogens is 308 g/mol. The van der Waals surface area contributed by atoms with Crippen molar-refractivity contribution >= 4 is 22.3 Å². The fourth-order valence-corrected chi connectivity index (χ4v) is 3.73. The van der Waals surface area contributed by atoms with E-state index < -0.39 is 0 Å². The maximum atomic E-state index is 9.01. The molecule has 3 rings (SSSR count). The number of rotatable bonds is 6. The Morgan fingerprint density at radius 1 is 1.30 bits per heavy atom. The van der Waals surface area contributed by atoms with Gasteiger partial charge in [-0.3, -0.25) is 0 Å². The second-order valence-electron chi connectivity index (χ2n) is 6.15. The minimum absolute atomic E-state index is 0.260. The Morgan fingerprint density at radius 3 is 2.83 bits per heavy atom. The van der Waals surface area contributed by atoms with E-state index in [1.54, 1.807) is 11.3 Å². The van der Waals surface area contributed by atoms with Crippen LogP contribution in [0.1, 0.15) is 24.2 Å². The summed E-state index contributed by atoms with van der Waals surface area (Å²) in [6, 6.07) is 6.16. The Balaban J connectivity index is 1.55. The maximum absolute atomic E-state index is 9.01. The van der Waals surface area contributed by atoms with E-state index in [0.29, 0.717) is 5.92 Å². The second kappa shape index (κ2) is 7.86. The summed E-state index contributed by atoms with van der Waals surface area (Å²) in [5.74, 6) is 1.56. The molecule has 0 atom stereocenters. The number of nitrogens with one attached hydrogen (secondary N) is 1. The van der Waals surface area contributed by atoms with E-state index in [0.717, 1.165) is 48.4 Å². The van der Waals surface area contributed by atoms with E-state index in [1.807, 2.05) is 18.4 Å². The Hall–Kier alpha value is -1.50. The third-order valence-electron chi connectivity index (χ3n) is 4.28. The van der Waals surface area contributed by atoms with Crippen LogP contribution in [0.15, 0.2) is 23.6 Å². The summed E-state index contributed by atoms with van der Waals surface area (Å²) in [5, 5.41) is 15.2. The zero-order valence-electron chi connectivity index (χ0n) is 13.5. The zero-order valence-corrected chi connectivity index (χ0v) is 14.4. The molecule has 3 heterocycles. The van der Waals surface area contributed by atoms with Gasteiger partial charge in [-0.05, 0) is 57.3 Å². The van der Waals surface area contributed by atoms with Crippen molar-refractivity contribution in [1.29, 1.82) is 0 Å². The number of aromatic nitrogens is 2. The third-order valence-corrected chi connectivity index (χ3v) is 5.16. The fraction of sp³-hybridized carbons (Fsp3) is 0.529. The van der Waals surface area contributed by atoms with Gasteiger partial charge in [-0.25, -0.2) is 9.97 Å². The van der Waals surface area contributed by atoms with Crippen LogP contribution in [-0.2, 0) is 6.42 Å². The summed E-state index contributed by atoms with van der Waals surface area (Å²) in [5.41, 5.74) is 2.17. The summed E-state index contributed by atoms with van der Waals surface area (Å²) in [4.78, 5) is 11.5. The maximum Gasteiger partial charge on any atom is 0.188 e. The minimum Gasteiger partial charge on any atom is -0.395 e. The second-order valence-corrected chi connectivity index (χ2v) is 7.00. The van der Waals surface area contributed by atoms with Gasteiger partial charge >= 0.3 is 0 Å². The topological polar surface area (TPSA) is 61.3 Å². The molecule has 1 fully saturated rings. The van der Waals surface area contributed by atoms with Gasteiger partial charge in [0.25, 0.3) is 0 Å². The average molecular weight is 332 g/mol. The van der Waals surface area contributed by atoms with Crippen LogP contribution in [0.25, 0.3) is 0 Å². The molecule has 2 aromatic heterocycles. The SMILES string of the molecule is Cc1csc(Nc2cccc(CC3CCN(CCO)CC3)n2)n1. The van der Waals surface area contributed by atoms with Gasteiger partial charge in [0.1, 0.15) is 5.82 Å². The number of β-amino-alcohol motifs (C(OH)–C–C–N with tert-alkyl or cyclic N) is 1. The molecule has 0 aliphatic carbocycles. The molecule has 0 amide bonds. The Morgan fingerprint density at radius 2 is 2.13 bits per heavy atom. The molecule has 0 aromatic carbocycles. The van der Waals surface area contributed by atoms with Crippen molar-refractivity contribution in [2.45, 2.75) is 26.2 Å². The molecule has 0 spiro atoms. The highest BCUT2D eigenvalue weighted by Crippen LogP contribution is 2.23. The van der Waals surface area contributed by atoms with Crippen molar-refractivity contribution in [2.75, 3.05) is 31.6 Å². The lowest BCUT2D eigenvalue weighted by molar-refractivity contribution is 0.147. The van der Waals surface area contributed by atoms with Gasteiger partial charge in [-0.15, -0.1) is 11.3 Å². The summed E-state index contributed by atoms with van der Waals surface area (Å²) < 4.78 is 0. The Labute approximate surface area is 141 Å².